The third-order valence-corrected chi connectivity index (χ3v) is 4.28. The van der Waals surface area contributed by atoms with Crippen LogP contribution in [0.2, 0.25) is 0 Å². The lowest BCUT2D eigenvalue weighted by molar-refractivity contribution is 0.217. The fourth-order valence-electron chi connectivity index (χ4n) is 2.99. The maximum atomic E-state index is 11.7. The van der Waals surface area contributed by atoms with Gasteiger partial charge in [-0.15, -0.1) is 0 Å². The SMILES string of the molecule is CN(C)C(=O)NCc1cc2n(n1)CCN(c1nc(N)nc3[nH]ncc13)C2. The first kappa shape index (κ1) is 16.1. The molecule has 0 saturated carbocycles. The van der Waals surface area contributed by atoms with Gasteiger partial charge in [0.15, 0.2) is 5.65 Å². The van der Waals surface area contributed by atoms with Crippen LogP contribution in [-0.2, 0) is 19.6 Å². The first-order chi connectivity index (χ1) is 12.5. The molecule has 1 aliphatic heterocycles. The average molecular weight is 356 g/mol. The molecule has 0 fully saturated rings. The lowest BCUT2D eigenvalue weighted by Crippen LogP contribution is -2.34. The van der Waals surface area contributed by atoms with E-state index in [1.54, 1.807) is 20.3 Å². The molecule has 0 spiro atoms. The summed E-state index contributed by atoms with van der Waals surface area (Å²) >= 11 is 0. The van der Waals surface area contributed by atoms with Crippen molar-refractivity contribution in [2.24, 2.45) is 0 Å². The van der Waals surface area contributed by atoms with Crippen LogP contribution in [0.3, 0.4) is 0 Å². The van der Waals surface area contributed by atoms with Crippen LogP contribution in [0.25, 0.3) is 11.0 Å². The molecule has 4 N–H and O–H groups in total. The van der Waals surface area contributed by atoms with Crippen molar-refractivity contribution in [1.82, 2.24) is 40.2 Å². The predicted molar refractivity (Wildman–Crippen MR) is 95.3 cm³/mol. The highest BCUT2D eigenvalue weighted by Gasteiger charge is 2.22. The number of nitrogens with two attached hydrogens (primary N) is 1. The standard InChI is InChI=1S/C15H20N10O/c1-23(2)15(26)17-6-9-5-10-8-24(3-4-25(10)22-9)13-11-7-18-21-12(11)19-14(16)20-13/h5,7H,3-4,6,8H2,1-2H3,(H,17,26)(H3,16,18,19,20,21). The summed E-state index contributed by atoms with van der Waals surface area (Å²) in [4.78, 5) is 23.8. The van der Waals surface area contributed by atoms with Crippen LogP contribution in [0.1, 0.15) is 11.4 Å². The third kappa shape index (κ3) is 2.87. The van der Waals surface area contributed by atoms with Crippen LogP contribution in [0, 0.1) is 0 Å². The lowest BCUT2D eigenvalue weighted by Gasteiger charge is -2.28. The first-order valence-electron chi connectivity index (χ1n) is 8.23. The summed E-state index contributed by atoms with van der Waals surface area (Å²) < 4.78 is 1.96. The van der Waals surface area contributed by atoms with Gasteiger partial charge in [0.1, 0.15) is 5.82 Å². The molecule has 136 valence electrons. The van der Waals surface area contributed by atoms with Gasteiger partial charge in [-0.05, 0) is 6.07 Å². The van der Waals surface area contributed by atoms with Gasteiger partial charge < -0.3 is 20.9 Å². The van der Waals surface area contributed by atoms with Crippen molar-refractivity contribution in [2.45, 2.75) is 19.6 Å². The third-order valence-electron chi connectivity index (χ3n) is 4.28. The minimum absolute atomic E-state index is 0.142. The number of hydrogen-bond acceptors (Lipinski definition) is 7. The Hall–Kier alpha value is -3.37. The second-order valence-corrected chi connectivity index (χ2v) is 6.36. The first-order valence-corrected chi connectivity index (χ1v) is 8.23. The highest BCUT2D eigenvalue weighted by molar-refractivity contribution is 5.87. The Bertz CT molecular complexity index is 959. The maximum absolute atomic E-state index is 11.7. The second-order valence-electron chi connectivity index (χ2n) is 6.36. The van der Waals surface area contributed by atoms with Gasteiger partial charge in [-0.25, -0.2) is 4.79 Å². The number of rotatable bonds is 3. The zero-order valence-electron chi connectivity index (χ0n) is 14.6. The summed E-state index contributed by atoms with van der Waals surface area (Å²) in [5.41, 5.74) is 8.33. The molecule has 0 bridgehead atoms. The lowest BCUT2D eigenvalue weighted by atomic mass is 10.2. The minimum Gasteiger partial charge on any atom is -0.368 e. The number of nitrogens with one attached hydrogen (secondary N) is 2. The van der Waals surface area contributed by atoms with E-state index in [1.165, 1.54) is 4.90 Å². The molecule has 0 saturated heterocycles. The molecule has 0 radical (unpaired) electrons. The molecule has 3 aromatic heterocycles. The van der Waals surface area contributed by atoms with Gasteiger partial charge >= 0.3 is 6.03 Å². The molecule has 4 rings (SSSR count). The average Bonchev–Trinajstić information content (AvgIpc) is 3.23. The largest absolute Gasteiger partial charge is 0.368 e. The van der Waals surface area contributed by atoms with Gasteiger partial charge in [0.2, 0.25) is 5.95 Å². The molecule has 11 heteroatoms. The zero-order chi connectivity index (χ0) is 18.3. The molecule has 3 aromatic rings. The number of hydrogen-bond donors (Lipinski definition) is 3. The Labute approximate surface area is 149 Å². The molecular formula is C15H20N10O. The summed E-state index contributed by atoms with van der Waals surface area (Å²) in [5, 5.41) is 15.1. The summed E-state index contributed by atoms with van der Waals surface area (Å²) in [5.74, 6) is 0.971. The predicted octanol–water partition coefficient (Wildman–Crippen LogP) is -0.0770. The number of aromatic nitrogens is 6. The number of aromatic amines is 1. The van der Waals surface area contributed by atoms with Crippen molar-refractivity contribution in [2.75, 3.05) is 31.3 Å². The van der Waals surface area contributed by atoms with Crippen LogP contribution in [-0.4, -0.2) is 61.5 Å². The van der Waals surface area contributed by atoms with Crippen molar-refractivity contribution in [3.05, 3.63) is 23.7 Å². The summed E-state index contributed by atoms with van der Waals surface area (Å²) in [6, 6.07) is 1.86. The molecule has 0 unspecified atom stereocenters. The number of fused-ring (bicyclic) bond motifs is 2. The van der Waals surface area contributed by atoms with Gasteiger partial charge in [0.25, 0.3) is 0 Å². The second kappa shape index (κ2) is 6.17. The van der Waals surface area contributed by atoms with Crippen molar-refractivity contribution in [1.29, 1.82) is 0 Å². The van der Waals surface area contributed by atoms with Crippen LogP contribution in [0.4, 0.5) is 16.6 Å². The van der Waals surface area contributed by atoms with E-state index in [1.807, 2.05) is 10.7 Å². The van der Waals surface area contributed by atoms with Crippen LogP contribution in [0.15, 0.2) is 12.3 Å². The molecule has 0 aromatic carbocycles. The van der Waals surface area contributed by atoms with Crippen molar-refractivity contribution < 1.29 is 4.79 Å². The Morgan fingerprint density at radius 2 is 2.23 bits per heavy atom. The van der Waals surface area contributed by atoms with Crippen LogP contribution >= 0.6 is 0 Å². The zero-order valence-corrected chi connectivity index (χ0v) is 14.6. The molecule has 1 aliphatic rings. The molecule has 0 aliphatic carbocycles. The van der Waals surface area contributed by atoms with Crippen molar-refractivity contribution in [3.8, 4) is 0 Å². The molecule has 0 atom stereocenters. The number of H-pyrrole nitrogens is 1. The van der Waals surface area contributed by atoms with E-state index in [2.05, 4.69) is 35.5 Å². The molecule has 4 heterocycles. The topological polar surface area (TPSA) is 134 Å². The van der Waals surface area contributed by atoms with Gasteiger partial charge in [0.05, 0.1) is 42.6 Å². The fourth-order valence-corrected chi connectivity index (χ4v) is 2.99. The quantitative estimate of drug-likeness (QED) is 0.598. The molecule has 11 nitrogen and oxygen atoms in total. The van der Waals surface area contributed by atoms with E-state index < -0.39 is 0 Å². The van der Waals surface area contributed by atoms with Gasteiger partial charge in [-0.2, -0.15) is 20.2 Å². The van der Waals surface area contributed by atoms with Gasteiger partial charge in [-0.3, -0.25) is 9.78 Å². The molecule has 2 amide bonds. The number of amides is 2. The highest BCUT2D eigenvalue weighted by Crippen LogP contribution is 2.26. The Balaban J connectivity index is 1.54. The Kier molecular flexibility index (Phi) is 3.82. The van der Waals surface area contributed by atoms with Gasteiger partial charge in [0, 0.05) is 20.6 Å². The number of anilines is 2. The van der Waals surface area contributed by atoms with E-state index in [0.717, 1.165) is 35.7 Å². The number of urea groups is 1. The maximum Gasteiger partial charge on any atom is 0.317 e. The Morgan fingerprint density at radius 3 is 3.04 bits per heavy atom. The number of carbonyl (C=O) groups excluding carboxylic acids is 1. The number of nitrogen functional groups attached to an aromatic ring is 1. The summed E-state index contributed by atoms with van der Waals surface area (Å²) in [6.07, 6.45) is 1.71. The van der Waals surface area contributed by atoms with E-state index in [-0.39, 0.29) is 12.0 Å². The Morgan fingerprint density at radius 1 is 1.38 bits per heavy atom. The number of nitrogens with zero attached hydrogens (tertiary/aromatic N) is 7. The fraction of sp³-hybridized carbons (Fsp3) is 0.400. The highest BCUT2D eigenvalue weighted by atomic mass is 16.2. The number of carbonyl (C=O) groups is 1. The summed E-state index contributed by atoms with van der Waals surface area (Å²) in [7, 11) is 3.41. The van der Waals surface area contributed by atoms with Crippen molar-refractivity contribution >= 4 is 28.8 Å². The van der Waals surface area contributed by atoms with E-state index in [0.29, 0.717) is 18.7 Å². The minimum atomic E-state index is -0.142. The van der Waals surface area contributed by atoms with Gasteiger partial charge in [-0.1, -0.05) is 0 Å². The van der Waals surface area contributed by atoms with Crippen molar-refractivity contribution in [3.63, 3.8) is 0 Å². The van der Waals surface area contributed by atoms with E-state index >= 15 is 0 Å². The normalized spacial score (nSPS) is 13.7. The monoisotopic (exact) mass is 356 g/mol. The van der Waals surface area contributed by atoms with Crippen LogP contribution in [0.5, 0.6) is 0 Å². The smallest absolute Gasteiger partial charge is 0.317 e. The van der Waals surface area contributed by atoms with Crippen LogP contribution < -0.4 is 16.0 Å². The molecular weight excluding hydrogens is 336 g/mol. The van der Waals surface area contributed by atoms with E-state index in [4.69, 9.17) is 5.73 Å². The van der Waals surface area contributed by atoms with E-state index in [9.17, 15) is 4.79 Å². The molecule has 26 heavy (non-hydrogen) atoms. The summed E-state index contributed by atoms with van der Waals surface area (Å²) in [6.45, 7) is 2.50.